The minimum absolute atomic E-state index is 0.407. The van der Waals surface area contributed by atoms with Crippen molar-refractivity contribution >= 4 is 11.6 Å². The molecule has 1 aromatic heterocycles. The summed E-state index contributed by atoms with van der Waals surface area (Å²) in [6, 6.07) is 11.2. The maximum atomic E-state index is 5.83. The van der Waals surface area contributed by atoms with Gasteiger partial charge in [-0.05, 0) is 18.2 Å². The first kappa shape index (κ1) is 10.3. The van der Waals surface area contributed by atoms with E-state index in [1.807, 2.05) is 30.3 Å². The second-order valence-electron chi connectivity index (χ2n) is 3.37. The monoisotopic (exact) mass is 215 g/mol. The van der Waals surface area contributed by atoms with E-state index in [2.05, 4.69) is 4.98 Å². The predicted molar refractivity (Wildman–Crippen MR) is 65.0 cm³/mol. The molecule has 2 rings (SSSR count). The summed E-state index contributed by atoms with van der Waals surface area (Å²) in [6.07, 6.45) is 0. The van der Waals surface area contributed by atoms with E-state index in [4.69, 9.17) is 16.2 Å². The van der Waals surface area contributed by atoms with E-state index in [1.165, 1.54) is 0 Å². The normalized spacial score (nSPS) is 10.1. The number of hydrogen-bond acceptors (Lipinski definition) is 4. The van der Waals surface area contributed by atoms with Crippen molar-refractivity contribution in [1.29, 1.82) is 0 Å². The third kappa shape index (κ3) is 1.77. The standard InChI is InChI=1S/C12H13N3O/c1-16-10-5-3-2-4-8(10)9-6-7-11(13)15-12(9)14/h2-7H,1H3,(H4,13,14,15). The molecule has 1 aromatic carbocycles. The summed E-state index contributed by atoms with van der Waals surface area (Å²) in [7, 11) is 1.62. The van der Waals surface area contributed by atoms with E-state index in [0.717, 1.165) is 16.9 Å². The number of nitrogens with zero attached hydrogens (tertiary/aromatic N) is 1. The van der Waals surface area contributed by atoms with Crippen molar-refractivity contribution in [2.24, 2.45) is 0 Å². The number of aromatic nitrogens is 1. The van der Waals surface area contributed by atoms with Gasteiger partial charge in [-0.25, -0.2) is 4.98 Å². The van der Waals surface area contributed by atoms with Crippen LogP contribution in [0.1, 0.15) is 0 Å². The highest BCUT2D eigenvalue weighted by Crippen LogP contribution is 2.32. The Kier molecular flexibility index (Phi) is 2.64. The van der Waals surface area contributed by atoms with Crippen molar-refractivity contribution < 1.29 is 4.74 Å². The molecule has 4 nitrogen and oxygen atoms in total. The Bertz CT molecular complexity index is 511. The first-order valence-corrected chi connectivity index (χ1v) is 4.87. The molecule has 0 radical (unpaired) electrons. The fourth-order valence-electron chi connectivity index (χ4n) is 1.59. The molecule has 2 aromatic rings. The first-order chi connectivity index (χ1) is 7.72. The van der Waals surface area contributed by atoms with Gasteiger partial charge in [0.1, 0.15) is 17.4 Å². The van der Waals surface area contributed by atoms with Crippen LogP contribution < -0.4 is 16.2 Å². The quantitative estimate of drug-likeness (QED) is 0.802. The largest absolute Gasteiger partial charge is 0.496 e. The van der Waals surface area contributed by atoms with E-state index in [1.54, 1.807) is 13.2 Å². The Morgan fingerprint density at radius 3 is 2.44 bits per heavy atom. The zero-order valence-corrected chi connectivity index (χ0v) is 8.97. The van der Waals surface area contributed by atoms with Gasteiger partial charge in [-0.2, -0.15) is 0 Å². The summed E-state index contributed by atoms with van der Waals surface area (Å²) < 4.78 is 5.27. The highest BCUT2D eigenvalue weighted by atomic mass is 16.5. The Balaban J connectivity index is 2.58. The second-order valence-corrected chi connectivity index (χ2v) is 3.37. The zero-order valence-electron chi connectivity index (χ0n) is 8.97. The molecule has 4 N–H and O–H groups in total. The molecule has 0 spiro atoms. The van der Waals surface area contributed by atoms with Crippen LogP contribution in [-0.2, 0) is 0 Å². The van der Waals surface area contributed by atoms with Gasteiger partial charge in [-0.15, -0.1) is 0 Å². The van der Waals surface area contributed by atoms with Crippen LogP contribution in [0.25, 0.3) is 11.1 Å². The number of nitrogens with two attached hydrogens (primary N) is 2. The molecule has 0 aliphatic rings. The number of pyridine rings is 1. The highest BCUT2D eigenvalue weighted by Gasteiger charge is 2.08. The summed E-state index contributed by atoms with van der Waals surface area (Å²) >= 11 is 0. The van der Waals surface area contributed by atoms with E-state index in [0.29, 0.717) is 11.6 Å². The Morgan fingerprint density at radius 2 is 1.75 bits per heavy atom. The van der Waals surface area contributed by atoms with Crippen molar-refractivity contribution in [3.05, 3.63) is 36.4 Å². The first-order valence-electron chi connectivity index (χ1n) is 4.87. The predicted octanol–water partition coefficient (Wildman–Crippen LogP) is 1.92. The molecule has 0 atom stereocenters. The number of nitrogen functional groups attached to an aromatic ring is 2. The Labute approximate surface area is 93.9 Å². The summed E-state index contributed by atoms with van der Waals surface area (Å²) in [4.78, 5) is 4.03. The van der Waals surface area contributed by atoms with Crippen molar-refractivity contribution in [2.45, 2.75) is 0 Å². The molecule has 4 heteroatoms. The average Bonchev–Trinajstić information content (AvgIpc) is 2.29. The van der Waals surface area contributed by atoms with Gasteiger partial charge in [0.2, 0.25) is 0 Å². The van der Waals surface area contributed by atoms with Crippen molar-refractivity contribution in [2.75, 3.05) is 18.6 Å². The molecule has 0 saturated heterocycles. The molecule has 0 aliphatic heterocycles. The van der Waals surface area contributed by atoms with Gasteiger partial charge in [0.15, 0.2) is 0 Å². The minimum Gasteiger partial charge on any atom is -0.496 e. The van der Waals surface area contributed by atoms with Crippen LogP contribution in [0.2, 0.25) is 0 Å². The molecule has 0 saturated carbocycles. The number of anilines is 2. The minimum atomic E-state index is 0.407. The van der Waals surface area contributed by atoms with Crippen LogP contribution in [0, 0.1) is 0 Å². The molecule has 1 heterocycles. The van der Waals surface area contributed by atoms with Gasteiger partial charge in [-0.1, -0.05) is 18.2 Å². The van der Waals surface area contributed by atoms with Crippen LogP contribution in [0.4, 0.5) is 11.6 Å². The maximum Gasteiger partial charge on any atom is 0.133 e. The third-order valence-corrected chi connectivity index (χ3v) is 2.34. The Hall–Kier alpha value is -2.23. The number of benzene rings is 1. The summed E-state index contributed by atoms with van der Waals surface area (Å²) in [6.45, 7) is 0. The third-order valence-electron chi connectivity index (χ3n) is 2.34. The summed E-state index contributed by atoms with van der Waals surface area (Å²) in [5.41, 5.74) is 13.1. The van der Waals surface area contributed by atoms with Crippen molar-refractivity contribution in [1.82, 2.24) is 4.98 Å². The van der Waals surface area contributed by atoms with Gasteiger partial charge < -0.3 is 16.2 Å². The van der Waals surface area contributed by atoms with Crippen LogP contribution >= 0.6 is 0 Å². The lowest BCUT2D eigenvalue weighted by Gasteiger charge is -2.10. The summed E-state index contributed by atoms with van der Waals surface area (Å²) in [5.74, 6) is 1.58. The second kappa shape index (κ2) is 4.10. The number of methoxy groups -OCH3 is 1. The number of rotatable bonds is 2. The number of para-hydroxylation sites is 1. The summed E-state index contributed by atoms with van der Waals surface area (Å²) in [5, 5.41) is 0. The molecule has 0 amide bonds. The lowest BCUT2D eigenvalue weighted by atomic mass is 10.1. The number of hydrogen-bond donors (Lipinski definition) is 2. The van der Waals surface area contributed by atoms with Gasteiger partial charge >= 0.3 is 0 Å². The van der Waals surface area contributed by atoms with Crippen LogP contribution in [-0.4, -0.2) is 12.1 Å². The molecule has 0 aliphatic carbocycles. The van der Waals surface area contributed by atoms with E-state index >= 15 is 0 Å². The van der Waals surface area contributed by atoms with Crippen LogP contribution in [0.15, 0.2) is 36.4 Å². The highest BCUT2D eigenvalue weighted by molar-refractivity contribution is 5.79. The average molecular weight is 215 g/mol. The molecule has 0 bridgehead atoms. The van der Waals surface area contributed by atoms with Crippen molar-refractivity contribution in [3.8, 4) is 16.9 Å². The smallest absolute Gasteiger partial charge is 0.133 e. The van der Waals surface area contributed by atoms with Gasteiger partial charge in [0, 0.05) is 11.1 Å². The van der Waals surface area contributed by atoms with Crippen LogP contribution in [0.3, 0.4) is 0 Å². The molecule has 0 fully saturated rings. The molecule has 0 unspecified atom stereocenters. The molecular formula is C12H13N3O. The lowest BCUT2D eigenvalue weighted by molar-refractivity contribution is 0.416. The SMILES string of the molecule is COc1ccccc1-c1ccc(N)nc1N. The number of ether oxygens (including phenoxy) is 1. The van der Waals surface area contributed by atoms with E-state index < -0.39 is 0 Å². The van der Waals surface area contributed by atoms with E-state index in [9.17, 15) is 0 Å². The Morgan fingerprint density at radius 1 is 1.00 bits per heavy atom. The molecule has 82 valence electrons. The molecular weight excluding hydrogens is 202 g/mol. The lowest BCUT2D eigenvalue weighted by Crippen LogP contribution is -1.99. The molecule has 16 heavy (non-hydrogen) atoms. The topological polar surface area (TPSA) is 74.2 Å². The fourth-order valence-corrected chi connectivity index (χ4v) is 1.59. The van der Waals surface area contributed by atoms with Gasteiger partial charge in [0.05, 0.1) is 7.11 Å². The van der Waals surface area contributed by atoms with Gasteiger partial charge in [-0.3, -0.25) is 0 Å². The maximum absolute atomic E-state index is 5.83. The zero-order chi connectivity index (χ0) is 11.5. The van der Waals surface area contributed by atoms with Gasteiger partial charge in [0.25, 0.3) is 0 Å². The van der Waals surface area contributed by atoms with Crippen molar-refractivity contribution in [3.63, 3.8) is 0 Å². The van der Waals surface area contributed by atoms with Crippen LogP contribution in [0.5, 0.6) is 5.75 Å². The van der Waals surface area contributed by atoms with E-state index in [-0.39, 0.29) is 0 Å². The fraction of sp³-hybridized carbons (Fsp3) is 0.0833.